The third-order valence-electron chi connectivity index (χ3n) is 3.57. The van der Waals surface area contributed by atoms with E-state index in [0.717, 1.165) is 31.6 Å². The average Bonchev–Trinajstić information content (AvgIpc) is 2.92. The van der Waals surface area contributed by atoms with Gasteiger partial charge in [-0.2, -0.15) is 0 Å². The van der Waals surface area contributed by atoms with Crippen LogP contribution in [0, 0.1) is 5.92 Å². The Hall–Kier alpha value is -1.55. The van der Waals surface area contributed by atoms with Crippen LogP contribution in [0.2, 0.25) is 0 Å². The van der Waals surface area contributed by atoms with Crippen LogP contribution in [-0.2, 0) is 11.3 Å². The summed E-state index contributed by atoms with van der Waals surface area (Å²) in [6.45, 7) is 6.53. The van der Waals surface area contributed by atoms with Crippen molar-refractivity contribution in [3.8, 4) is 0 Å². The smallest absolute Gasteiger partial charge is 0.407 e. The molecule has 1 aliphatic rings. The molecule has 1 N–H and O–H groups in total. The number of nitrogens with one attached hydrogen (secondary N) is 1. The molecule has 0 saturated carbocycles. The topological polar surface area (TPSA) is 41.6 Å². The molecule has 0 aromatic heterocycles. The van der Waals surface area contributed by atoms with E-state index in [1.54, 1.807) is 0 Å². The van der Waals surface area contributed by atoms with Gasteiger partial charge in [0.1, 0.15) is 6.61 Å². The zero-order valence-corrected chi connectivity index (χ0v) is 11.5. The van der Waals surface area contributed by atoms with E-state index < -0.39 is 0 Å². The summed E-state index contributed by atoms with van der Waals surface area (Å²) in [6.07, 6.45) is 0.839. The largest absolute Gasteiger partial charge is 0.445 e. The SMILES string of the molecule is CCN1CC[C@@H](CNC(=O)OCc2ccccc2)C1. The molecule has 1 aromatic carbocycles. The minimum atomic E-state index is -0.321. The van der Waals surface area contributed by atoms with Gasteiger partial charge < -0.3 is 15.0 Å². The number of hydrogen-bond acceptors (Lipinski definition) is 3. The van der Waals surface area contributed by atoms with E-state index >= 15 is 0 Å². The number of amides is 1. The molecule has 1 heterocycles. The first-order valence-electron chi connectivity index (χ1n) is 6.95. The lowest BCUT2D eigenvalue weighted by atomic mass is 10.1. The average molecular weight is 262 g/mol. The van der Waals surface area contributed by atoms with Crippen molar-refractivity contribution < 1.29 is 9.53 Å². The van der Waals surface area contributed by atoms with E-state index in [-0.39, 0.29) is 6.09 Å². The standard InChI is InChI=1S/C15H22N2O2/c1-2-17-9-8-14(11-17)10-16-15(18)19-12-13-6-4-3-5-7-13/h3-7,14H,2,8-12H2,1H3,(H,16,18)/t14-/m0/s1. The highest BCUT2D eigenvalue weighted by Crippen LogP contribution is 2.14. The van der Waals surface area contributed by atoms with E-state index in [2.05, 4.69) is 17.1 Å². The van der Waals surface area contributed by atoms with E-state index in [0.29, 0.717) is 19.1 Å². The first kappa shape index (κ1) is 13.9. The molecule has 2 rings (SSSR count). The van der Waals surface area contributed by atoms with Crippen molar-refractivity contribution in [2.24, 2.45) is 5.92 Å². The second-order valence-corrected chi connectivity index (χ2v) is 4.99. The molecule has 104 valence electrons. The van der Waals surface area contributed by atoms with E-state index in [9.17, 15) is 4.79 Å². The number of carbonyl (C=O) groups is 1. The summed E-state index contributed by atoms with van der Waals surface area (Å²) in [5.74, 6) is 0.559. The maximum absolute atomic E-state index is 11.6. The summed E-state index contributed by atoms with van der Waals surface area (Å²) < 4.78 is 5.18. The van der Waals surface area contributed by atoms with Gasteiger partial charge in [0.25, 0.3) is 0 Å². The number of likely N-dealkylation sites (tertiary alicyclic amines) is 1. The summed E-state index contributed by atoms with van der Waals surface area (Å²) >= 11 is 0. The molecule has 4 heteroatoms. The van der Waals surface area contributed by atoms with Crippen LogP contribution in [0.3, 0.4) is 0 Å². The van der Waals surface area contributed by atoms with Crippen LogP contribution >= 0.6 is 0 Å². The van der Waals surface area contributed by atoms with Gasteiger partial charge in [0.15, 0.2) is 0 Å². The maximum atomic E-state index is 11.6. The molecule has 0 spiro atoms. The minimum absolute atomic E-state index is 0.321. The third-order valence-corrected chi connectivity index (χ3v) is 3.57. The Labute approximate surface area is 114 Å². The quantitative estimate of drug-likeness (QED) is 0.885. The van der Waals surface area contributed by atoms with Gasteiger partial charge in [-0.15, -0.1) is 0 Å². The molecule has 19 heavy (non-hydrogen) atoms. The lowest BCUT2D eigenvalue weighted by Gasteiger charge is -2.13. The fourth-order valence-electron chi connectivity index (χ4n) is 2.37. The second-order valence-electron chi connectivity index (χ2n) is 4.99. The van der Waals surface area contributed by atoms with Crippen LogP contribution < -0.4 is 5.32 Å². The molecule has 1 saturated heterocycles. The third kappa shape index (κ3) is 4.56. The second kappa shape index (κ2) is 7.14. The van der Waals surface area contributed by atoms with Gasteiger partial charge in [-0.3, -0.25) is 0 Å². The van der Waals surface area contributed by atoms with Crippen LogP contribution in [0.15, 0.2) is 30.3 Å². The van der Waals surface area contributed by atoms with E-state index in [4.69, 9.17) is 4.74 Å². The fourth-order valence-corrected chi connectivity index (χ4v) is 2.37. The van der Waals surface area contributed by atoms with Gasteiger partial charge >= 0.3 is 6.09 Å². The predicted molar refractivity (Wildman–Crippen MR) is 74.9 cm³/mol. The number of benzene rings is 1. The summed E-state index contributed by atoms with van der Waals surface area (Å²) in [4.78, 5) is 14.0. The Balaban J connectivity index is 1.63. The van der Waals surface area contributed by atoms with Crippen molar-refractivity contribution >= 4 is 6.09 Å². The van der Waals surface area contributed by atoms with Crippen LogP contribution in [-0.4, -0.2) is 37.2 Å². The van der Waals surface area contributed by atoms with Crippen LogP contribution in [0.1, 0.15) is 18.9 Å². The first-order valence-corrected chi connectivity index (χ1v) is 6.95. The highest BCUT2D eigenvalue weighted by Gasteiger charge is 2.21. The van der Waals surface area contributed by atoms with Gasteiger partial charge in [-0.05, 0) is 31.0 Å². The van der Waals surface area contributed by atoms with Crippen molar-refractivity contribution in [2.75, 3.05) is 26.2 Å². The molecule has 0 aliphatic carbocycles. The Morgan fingerprint density at radius 3 is 2.89 bits per heavy atom. The maximum Gasteiger partial charge on any atom is 0.407 e. The van der Waals surface area contributed by atoms with E-state index in [1.165, 1.54) is 0 Å². The van der Waals surface area contributed by atoms with Crippen molar-refractivity contribution in [1.29, 1.82) is 0 Å². The monoisotopic (exact) mass is 262 g/mol. The highest BCUT2D eigenvalue weighted by atomic mass is 16.5. The van der Waals surface area contributed by atoms with Gasteiger partial charge in [0.05, 0.1) is 0 Å². The van der Waals surface area contributed by atoms with Gasteiger partial charge in [0, 0.05) is 13.1 Å². The molecule has 1 amide bonds. The van der Waals surface area contributed by atoms with E-state index in [1.807, 2.05) is 30.3 Å². The zero-order valence-electron chi connectivity index (χ0n) is 11.5. The number of rotatable bonds is 5. The van der Waals surface area contributed by atoms with Crippen molar-refractivity contribution in [2.45, 2.75) is 20.0 Å². The summed E-state index contributed by atoms with van der Waals surface area (Å²) in [5, 5.41) is 2.85. The molecule has 1 atom stereocenters. The molecule has 1 fully saturated rings. The molecule has 0 radical (unpaired) electrons. The lowest BCUT2D eigenvalue weighted by molar-refractivity contribution is 0.138. The number of hydrogen-bond donors (Lipinski definition) is 1. The number of nitrogens with zero attached hydrogens (tertiary/aromatic N) is 1. The highest BCUT2D eigenvalue weighted by molar-refractivity contribution is 5.67. The Morgan fingerprint density at radius 2 is 2.21 bits per heavy atom. The Morgan fingerprint density at radius 1 is 1.42 bits per heavy atom. The Bertz CT molecular complexity index is 394. The first-order chi connectivity index (χ1) is 9.28. The van der Waals surface area contributed by atoms with Crippen LogP contribution in [0.25, 0.3) is 0 Å². The molecular weight excluding hydrogens is 240 g/mol. The molecule has 0 bridgehead atoms. The van der Waals surface area contributed by atoms with Crippen molar-refractivity contribution in [3.05, 3.63) is 35.9 Å². The van der Waals surface area contributed by atoms with Crippen LogP contribution in [0.4, 0.5) is 4.79 Å². The number of alkyl carbamates (subject to hydrolysis) is 1. The number of carbonyl (C=O) groups excluding carboxylic acids is 1. The van der Waals surface area contributed by atoms with Gasteiger partial charge in [0.2, 0.25) is 0 Å². The molecular formula is C15H22N2O2. The van der Waals surface area contributed by atoms with Crippen LogP contribution in [0.5, 0.6) is 0 Å². The molecule has 4 nitrogen and oxygen atoms in total. The van der Waals surface area contributed by atoms with Gasteiger partial charge in [-0.25, -0.2) is 4.79 Å². The molecule has 0 unspecified atom stereocenters. The summed E-state index contributed by atoms with van der Waals surface area (Å²) in [7, 11) is 0. The Kier molecular flexibility index (Phi) is 5.21. The molecule has 1 aliphatic heterocycles. The van der Waals surface area contributed by atoms with Gasteiger partial charge in [-0.1, -0.05) is 37.3 Å². The number of ether oxygens (including phenoxy) is 1. The van der Waals surface area contributed by atoms with Crippen molar-refractivity contribution in [1.82, 2.24) is 10.2 Å². The van der Waals surface area contributed by atoms with Crippen molar-refractivity contribution in [3.63, 3.8) is 0 Å². The fraction of sp³-hybridized carbons (Fsp3) is 0.533. The normalized spacial score (nSPS) is 19.3. The summed E-state index contributed by atoms with van der Waals surface area (Å²) in [5.41, 5.74) is 1.01. The summed E-state index contributed by atoms with van der Waals surface area (Å²) in [6, 6.07) is 9.72. The molecule has 1 aromatic rings. The predicted octanol–water partition coefficient (Wildman–Crippen LogP) is 2.25. The lowest BCUT2D eigenvalue weighted by Crippen LogP contribution is -2.31. The minimum Gasteiger partial charge on any atom is -0.445 e. The zero-order chi connectivity index (χ0) is 13.5.